The van der Waals surface area contributed by atoms with Crippen LogP contribution >= 0.6 is 0 Å². The predicted molar refractivity (Wildman–Crippen MR) is 186 cm³/mol. The maximum absolute atomic E-state index is 12.1. The summed E-state index contributed by atoms with van der Waals surface area (Å²) in [4.78, 5) is 12.1. The Labute approximate surface area is 260 Å². The third-order valence-corrected chi connectivity index (χ3v) is 7.95. The molecule has 1 rings (SSSR count). The molecular formula is C40H62O2. The number of unbranched alkanes of at least 4 members (excludes halogenated alkanes) is 7. The Hall–Kier alpha value is -2.61. The maximum Gasteiger partial charge on any atom is 0.306 e. The van der Waals surface area contributed by atoms with E-state index < -0.39 is 0 Å². The van der Waals surface area contributed by atoms with Crippen molar-refractivity contribution < 1.29 is 9.53 Å². The topological polar surface area (TPSA) is 26.3 Å². The summed E-state index contributed by atoms with van der Waals surface area (Å²) in [5.74, 6) is -0.0850. The predicted octanol–water partition coefficient (Wildman–Crippen LogP) is 12.4. The van der Waals surface area contributed by atoms with Gasteiger partial charge >= 0.3 is 5.97 Å². The Kier molecular flexibility index (Phi) is 21.3. The summed E-state index contributed by atoms with van der Waals surface area (Å²) in [6, 6.07) is 0. The summed E-state index contributed by atoms with van der Waals surface area (Å²) < 4.78 is 5.41. The molecule has 0 aliphatic heterocycles. The largest absolute Gasteiger partial charge is 0.461 e. The molecule has 0 aromatic rings. The number of hydrogen-bond acceptors (Lipinski definition) is 2. The zero-order chi connectivity index (χ0) is 30.9. The Balaban J connectivity index is 2.09. The van der Waals surface area contributed by atoms with E-state index in [1.165, 1.54) is 74.5 Å². The number of allylic oxidation sites excluding steroid dienone is 15. The lowest BCUT2D eigenvalue weighted by atomic mass is 9.72. The lowest BCUT2D eigenvalue weighted by Crippen LogP contribution is -2.19. The number of carbonyl (C=O) groups excluding carboxylic acids is 1. The van der Waals surface area contributed by atoms with Gasteiger partial charge in [0.1, 0.15) is 6.61 Å². The molecule has 42 heavy (non-hydrogen) atoms. The molecule has 0 heterocycles. The first-order chi connectivity index (χ1) is 20.3. The average Bonchev–Trinajstić information content (AvgIpc) is 2.94. The van der Waals surface area contributed by atoms with E-state index in [4.69, 9.17) is 4.74 Å². The van der Waals surface area contributed by atoms with Gasteiger partial charge in [-0.1, -0.05) is 136 Å². The molecule has 0 aromatic heterocycles. The highest BCUT2D eigenvalue weighted by atomic mass is 16.5. The second kappa shape index (κ2) is 23.9. The highest BCUT2D eigenvalue weighted by molar-refractivity contribution is 5.69. The molecule has 1 aliphatic rings. The Morgan fingerprint density at radius 3 is 2.17 bits per heavy atom. The van der Waals surface area contributed by atoms with Crippen LogP contribution in [0.15, 0.2) is 95.2 Å². The second-order valence-electron chi connectivity index (χ2n) is 12.5. The van der Waals surface area contributed by atoms with Crippen LogP contribution < -0.4 is 0 Å². The summed E-state index contributed by atoms with van der Waals surface area (Å²) in [5, 5.41) is 0. The fourth-order valence-corrected chi connectivity index (χ4v) is 5.28. The van der Waals surface area contributed by atoms with E-state index in [1.54, 1.807) is 0 Å². The SMILES string of the molecule is CC/C=C\C/C=C\C/C=C\CCCCCCCCCC(=O)OC/C=C(C)/C=C/C=C(C)/C=C/C1=C(C)CCCC1(C)C. The molecule has 0 saturated carbocycles. The lowest BCUT2D eigenvalue weighted by Gasteiger charge is -2.32. The van der Waals surface area contributed by atoms with Gasteiger partial charge in [0, 0.05) is 6.42 Å². The van der Waals surface area contributed by atoms with E-state index in [9.17, 15) is 4.79 Å². The molecule has 1 aliphatic carbocycles. The first-order valence-corrected chi connectivity index (χ1v) is 16.8. The molecule has 0 saturated heterocycles. The van der Waals surface area contributed by atoms with Crippen molar-refractivity contribution in [1.82, 2.24) is 0 Å². The van der Waals surface area contributed by atoms with Crippen molar-refractivity contribution in [2.24, 2.45) is 5.41 Å². The van der Waals surface area contributed by atoms with Gasteiger partial charge in [0.25, 0.3) is 0 Å². The minimum absolute atomic E-state index is 0.0850. The molecule has 0 atom stereocenters. The molecular weight excluding hydrogens is 512 g/mol. The number of ether oxygens (including phenoxy) is 1. The van der Waals surface area contributed by atoms with Gasteiger partial charge in [-0.15, -0.1) is 0 Å². The van der Waals surface area contributed by atoms with Crippen molar-refractivity contribution in [3.63, 3.8) is 0 Å². The van der Waals surface area contributed by atoms with Gasteiger partial charge in [-0.3, -0.25) is 4.79 Å². The van der Waals surface area contributed by atoms with E-state index >= 15 is 0 Å². The number of esters is 1. The highest BCUT2D eigenvalue weighted by Gasteiger charge is 2.26. The number of rotatable bonds is 21. The maximum atomic E-state index is 12.1. The van der Waals surface area contributed by atoms with Crippen LogP contribution in [0, 0.1) is 5.41 Å². The fourth-order valence-electron chi connectivity index (χ4n) is 5.28. The molecule has 0 radical (unpaired) electrons. The first kappa shape index (κ1) is 37.4. The van der Waals surface area contributed by atoms with E-state index in [2.05, 4.69) is 101 Å². The molecule has 0 N–H and O–H groups in total. The van der Waals surface area contributed by atoms with E-state index in [0.717, 1.165) is 37.7 Å². The summed E-state index contributed by atoms with van der Waals surface area (Å²) in [5.41, 5.74) is 5.63. The Morgan fingerprint density at radius 1 is 0.833 bits per heavy atom. The summed E-state index contributed by atoms with van der Waals surface area (Å²) in [7, 11) is 0. The van der Waals surface area contributed by atoms with Crippen LogP contribution in [0.3, 0.4) is 0 Å². The molecule has 0 amide bonds. The zero-order valence-electron chi connectivity index (χ0n) is 28.1. The van der Waals surface area contributed by atoms with Gasteiger partial charge in [-0.2, -0.15) is 0 Å². The highest BCUT2D eigenvalue weighted by Crippen LogP contribution is 2.40. The molecule has 0 aromatic carbocycles. The zero-order valence-corrected chi connectivity index (χ0v) is 28.1. The van der Waals surface area contributed by atoms with Crippen molar-refractivity contribution in [3.05, 3.63) is 95.2 Å². The van der Waals surface area contributed by atoms with Crippen LogP contribution in [-0.4, -0.2) is 12.6 Å². The lowest BCUT2D eigenvalue weighted by molar-refractivity contribution is -0.142. The normalized spacial score (nSPS) is 16.8. The molecule has 0 unspecified atom stereocenters. The molecule has 2 heteroatoms. The molecule has 234 valence electrons. The molecule has 2 nitrogen and oxygen atoms in total. The fraction of sp³-hybridized carbons (Fsp3) is 0.575. The van der Waals surface area contributed by atoms with Crippen LogP contribution in [0.2, 0.25) is 0 Å². The van der Waals surface area contributed by atoms with E-state index in [-0.39, 0.29) is 11.4 Å². The van der Waals surface area contributed by atoms with Crippen molar-refractivity contribution in [3.8, 4) is 0 Å². The van der Waals surface area contributed by atoms with Crippen LogP contribution in [0.5, 0.6) is 0 Å². The van der Waals surface area contributed by atoms with Gasteiger partial charge in [-0.25, -0.2) is 0 Å². The second-order valence-corrected chi connectivity index (χ2v) is 12.5. The average molecular weight is 575 g/mol. The first-order valence-electron chi connectivity index (χ1n) is 16.8. The minimum atomic E-state index is -0.0850. The standard InChI is InChI=1S/C40H62O2/c1-7-8-9-10-11-12-13-14-15-16-17-18-19-20-21-22-23-29-39(41)42-34-32-36(3)27-24-26-35(2)30-31-38-37(4)28-25-33-40(38,5)6/h8-9,11-12,14-15,24,26-27,30-32H,7,10,13,16-23,25,28-29,33-34H2,1-6H3/b9-8-,12-11-,15-14-,27-24+,31-30+,35-26+,36-32+. The van der Waals surface area contributed by atoms with E-state index in [1.807, 2.05) is 13.0 Å². The van der Waals surface area contributed by atoms with Crippen LogP contribution in [0.1, 0.15) is 138 Å². The third kappa shape index (κ3) is 19.5. The molecule has 0 fully saturated rings. The van der Waals surface area contributed by atoms with E-state index in [0.29, 0.717) is 13.0 Å². The Bertz CT molecular complexity index is 991. The monoisotopic (exact) mass is 574 g/mol. The van der Waals surface area contributed by atoms with Crippen molar-refractivity contribution >= 4 is 5.97 Å². The van der Waals surface area contributed by atoms with Gasteiger partial charge in [-0.05, 0) is 95.6 Å². The van der Waals surface area contributed by atoms with Gasteiger partial charge in [0.05, 0.1) is 0 Å². The van der Waals surface area contributed by atoms with Crippen molar-refractivity contribution in [2.75, 3.05) is 6.61 Å². The quantitative estimate of drug-likeness (QED) is 0.0590. The number of carbonyl (C=O) groups is 1. The summed E-state index contributed by atoms with van der Waals surface area (Å²) >= 11 is 0. The minimum Gasteiger partial charge on any atom is -0.461 e. The summed E-state index contributed by atoms with van der Waals surface area (Å²) in [6.07, 6.45) is 43.4. The molecule has 0 spiro atoms. The summed E-state index contributed by atoms with van der Waals surface area (Å²) in [6.45, 7) is 13.7. The number of hydrogen-bond donors (Lipinski definition) is 0. The van der Waals surface area contributed by atoms with Gasteiger partial charge in [0.15, 0.2) is 0 Å². The van der Waals surface area contributed by atoms with Crippen molar-refractivity contribution in [2.45, 2.75) is 138 Å². The van der Waals surface area contributed by atoms with Crippen LogP contribution in [-0.2, 0) is 9.53 Å². The third-order valence-electron chi connectivity index (χ3n) is 7.95. The van der Waals surface area contributed by atoms with Gasteiger partial charge < -0.3 is 4.74 Å². The smallest absolute Gasteiger partial charge is 0.306 e. The van der Waals surface area contributed by atoms with Crippen molar-refractivity contribution in [1.29, 1.82) is 0 Å². The Morgan fingerprint density at radius 2 is 1.48 bits per heavy atom. The van der Waals surface area contributed by atoms with Gasteiger partial charge in [0.2, 0.25) is 0 Å². The van der Waals surface area contributed by atoms with Crippen LogP contribution in [0.25, 0.3) is 0 Å². The molecule has 0 bridgehead atoms. The van der Waals surface area contributed by atoms with Crippen LogP contribution in [0.4, 0.5) is 0 Å².